The molecule has 0 amide bonds. The van der Waals surface area contributed by atoms with Crippen LogP contribution in [0.1, 0.15) is 24.7 Å². The number of hydrogen-bond acceptors (Lipinski definition) is 4. The van der Waals surface area contributed by atoms with Crippen molar-refractivity contribution in [1.29, 1.82) is 0 Å². The Labute approximate surface area is 135 Å². The van der Waals surface area contributed by atoms with E-state index in [4.69, 9.17) is 17.3 Å². The van der Waals surface area contributed by atoms with Crippen molar-refractivity contribution in [1.82, 2.24) is 19.5 Å². The van der Waals surface area contributed by atoms with Gasteiger partial charge in [-0.1, -0.05) is 11.6 Å². The maximum Gasteiger partial charge on any atom is 0.267 e. The Hall–Kier alpha value is -2.25. The van der Waals surface area contributed by atoms with Gasteiger partial charge >= 0.3 is 0 Å². The predicted octanol–water partition coefficient (Wildman–Crippen LogP) is 2.31. The van der Waals surface area contributed by atoms with E-state index in [0.717, 1.165) is 25.0 Å². The molecule has 0 unspecified atom stereocenters. The van der Waals surface area contributed by atoms with Gasteiger partial charge in [0.1, 0.15) is 17.5 Å². The highest BCUT2D eigenvalue weighted by Crippen LogP contribution is 2.39. The lowest BCUT2D eigenvalue weighted by atomic mass is 10.1. The molecule has 0 bridgehead atoms. The third-order valence-corrected chi connectivity index (χ3v) is 4.36. The van der Waals surface area contributed by atoms with Crippen LogP contribution in [-0.2, 0) is 0 Å². The molecule has 0 radical (unpaired) electrons. The number of nitrogens with two attached hydrogens (primary N) is 1. The van der Waals surface area contributed by atoms with Gasteiger partial charge in [0.25, 0.3) is 5.56 Å². The number of nitrogens with zero attached hydrogens (tertiary/aromatic N) is 3. The van der Waals surface area contributed by atoms with Gasteiger partial charge < -0.3 is 10.7 Å². The maximum absolute atomic E-state index is 13.6. The molecule has 3 aromatic rings. The second-order valence-electron chi connectivity index (χ2n) is 5.69. The summed E-state index contributed by atoms with van der Waals surface area (Å²) >= 11 is 6.07. The number of aromatic amines is 1. The van der Waals surface area contributed by atoms with E-state index in [1.54, 1.807) is 0 Å². The predicted molar refractivity (Wildman–Crippen MR) is 84.1 cm³/mol. The van der Waals surface area contributed by atoms with Crippen LogP contribution in [0.4, 0.5) is 4.39 Å². The van der Waals surface area contributed by atoms with Gasteiger partial charge in [-0.2, -0.15) is 0 Å². The molecule has 1 aliphatic rings. The fourth-order valence-electron chi connectivity index (χ4n) is 2.73. The van der Waals surface area contributed by atoms with Crippen LogP contribution in [0.5, 0.6) is 0 Å². The summed E-state index contributed by atoms with van der Waals surface area (Å²) in [6.07, 6.45) is 4.94. The first-order valence-corrected chi connectivity index (χ1v) is 7.60. The molecule has 0 spiro atoms. The van der Waals surface area contributed by atoms with E-state index >= 15 is 0 Å². The number of halogens is 2. The molecule has 118 valence electrons. The lowest BCUT2D eigenvalue weighted by molar-refractivity contribution is 0.571. The van der Waals surface area contributed by atoms with Gasteiger partial charge in [0, 0.05) is 0 Å². The van der Waals surface area contributed by atoms with Gasteiger partial charge in [0.15, 0.2) is 0 Å². The monoisotopic (exact) mass is 333 g/mol. The van der Waals surface area contributed by atoms with Crippen molar-refractivity contribution in [2.75, 3.05) is 0 Å². The van der Waals surface area contributed by atoms with Crippen LogP contribution in [-0.4, -0.2) is 19.5 Å². The SMILES string of the molecule is N[C@H](c1nc2c(Cl)cc(F)cc2c(=O)n1-c1cnc[nH]1)C1CC1. The molecule has 3 N–H and O–H groups in total. The minimum atomic E-state index is -0.586. The van der Waals surface area contributed by atoms with E-state index in [-0.39, 0.29) is 21.8 Å². The number of imidazole rings is 1. The van der Waals surface area contributed by atoms with Crippen LogP contribution in [0, 0.1) is 11.7 Å². The normalized spacial score (nSPS) is 16.0. The molecule has 23 heavy (non-hydrogen) atoms. The number of H-pyrrole nitrogens is 1. The van der Waals surface area contributed by atoms with E-state index in [2.05, 4.69) is 15.0 Å². The molecule has 6 nitrogen and oxygen atoms in total. The fourth-order valence-corrected chi connectivity index (χ4v) is 2.97. The summed E-state index contributed by atoms with van der Waals surface area (Å²) < 4.78 is 15.0. The molecule has 1 fully saturated rings. The standard InChI is InChI=1S/C15H13ClFN5O/c16-10-4-8(17)3-9-13(10)21-14(12(18)7-1-2-7)22(15(9)23)11-5-19-6-20-11/h3-7,12H,1-2,18H2,(H,19,20)/t12-/m0/s1. The van der Waals surface area contributed by atoms with Crippen LogP contribution >= 0.6 is 11.6 Å². The van der Waals surface area contributed by atoms with Crippen molar-refractivity contribution in [3.05, 3.63) is 51.7 Å². The molecule has 1 aromatic carbocycles. The zero-order chi connectivity index (χ0) is 16.1. The summed E-state index contributed by atoms with van der Waals surface area (Å²) in [7, 11) is 0. The van der Waals surface area contributed by atoms with Crippen LogP contribution in [0.2, 0.25) is 5.02 Å². The zero-order valence-corrected chi connectivity index (χ0v) is 12.7. The van der Waals surface area contributed by atoms with Gasteiger partial charge in [-0.05, 0) is 30.9 Å². The highest BCUT2D eigenvalue weighted by molar-refractivity contribution is 6.35. The van der Waals surface area contributed by atoms with Crippen molar-refractivity contribution >= 4 is 22.5 Å². The highest BCUT2D eigenvalue weighted by atomic mass is 35.5. The van der Waals surface area contributed by atoms with Crippen LogP contribution in [0.3, 0.4) is 0 Å². The first-order valence-electron chi connectivity index (χ1n) is 7.22. The third-order valence-electron chi connectivity index (χ3n) is 4.07. The number of fused-ring (bicyclic) bond motifs is 1. The van der Waals surface area contributed by atoms with Crippen LogP contribution in [0.15, 0.2) is 29.5 Å². The molecule has 2 aromatic heterocycles. The molecule has 0 aliphatic heterocycles. The summed E-state index contributed by atoms with van der Waals surface area (Å²) in [6, 6.07) is 1.88. The minimum absolute atomic E-state index is 0.0955. The Morgan fingerprint density at radius 3 is 2.87 bits per heavy atom. The second-order valence-corrected chi connectivity index (χ2v) is 6.10. The van der Waals surface area contributed by atoms with Crippen molar-refractivity contribution in [3.8, 4) is 5.82 Å². The zero-order valence-electron chi connectivity index (χ0n) is 12.0. The molecule has 1 saturated carbocycles. The van der Waals surface area contributed by atoms with E-state index in [1.807, 2.05) is 0 Å². The van der Waals surface area contributed by atoms with Gasteiger partial charge in [-0.25, -0.2) is 18.9 Å². The minimum Gasteiger partial charge on any atom is -0.331 e. The first kappa shape index (κ1) is 14.3. The van der Waals surface area contributed by atoms with E-state index in [1.165, 1.54) is 17.1 Å². The number of nitrogens with one attached hydrogen (secondary N) is 1. The Morgan fingerprint density at radius 2 is 2.22 bits per heavy atom. The van der Waals surface area contributed by atoms with E-state index in [0.29, 0.717) is 11.6 Å². The molecule has 8 heteroatoms. The van der Waals surface area contributed by atoms with Crippen LogP contribution < -0.4 is 11.3 Å². The highest BCUT2D eigenvalue weighted by Gasteiger charge is 2.33. The average Bonchev–Trinajstić information content (AvgIpc) is 3.23. The molecule has 1 atom stereocenters. The lowest BCUT2D eigenvalue weighted by Gasteiger charge is -2.17. The number of rotatable bonds is 3. The fraction of sp³-hybridized carbons (Fsp3) is 0.267. The number of benzene rings is 1. The molecular weight excluding hydrogens is 321 g/mol. The maximum atomic E-state index is 13.6. The molecular formula is C15H13ClFN5O. The Bertz CT molecular complexity index is 949. The van der Waals surface area contributed by atoms with Gasteiger partial charge in [-0.3, -0.25) is 4.79 Å². The Balaban J connectivity index is 2.09. The van der Waals surface area contributed by atoms with Crippen LogP contribution in [0.25, 0.3) is 16.7 Å². The quantitative estimate of drug-likeness (QED) is 0.769. The second kappa shape index (κ2) is 5.14. The summed E-state index contributed by atoms with van der Waals surface area (Å²) in [6.45, 7) is 0. The van der Waals surface area contributed by atoms with Gasteiger partial charge in [0.05, 0.1) is 34.5 Å². The summed E-state index contributed by atoms with van der Waals surface area (Å²) in [5, 5.41) is 0.203. The topological polar surface area (TPSA) is 89.6 Å². The summed E-state index contributed by atoms with van der Waals surface area (Å²) in [4.78, 5) is 24.2. The number of aromatic nitrogens is 4. The van der Waals surface area contributed by atoms with E-state index < -0.39 is 17.4 Å². The Morgan fingerprint density at radius 1 is 1.43 bits per heavy atom. The molecule has 4 rings (SSSR count). The third kappa shape index (κ3) is 2.32. The Kier molecular flexibility index (Phi) is 3.21. The van der Waals surface area contributed by atoms with Crippen molar-refractivity contribution in [2.24, 2.45) is 11.7 Å². The number of hydrogen-bond donors (Lipinski definition) is 2. The largest absolute Gasteiger partial charge is 0.331 e. The van der Waals surface area contributed by atoms with E-state index in [9.17, 15) is 9.18 Å². The lowest BCUT2D eigenvalue weighted by Crippen LogP contribution is -2.29. The van der Waals surface area contributed by atoms with Crippen molar-refractivity contribution in [3.63, 3.8) is 0 Å². The van der Waals surface area contributed by atoms with Crippen molar-refractivity contribution < 1.29 is 4.39 Å². The van der Waals surface area contributed by atoms with Gasteiger partial charge in [0.2, 0.25) is 0 Å². The summed E-state index contributed by atoms with van der Waals surface area (Å²) in [5.74, 6) is 0.545. The average molecular weight is 334 g/mol. The molecule has 1 aliphatic carbocycles. The van der Waals surface area contributed by atoms with Gasteiger partial charge in [-0.15, -0.1) is 0 Å². The molecule has 0 saturated heterocycles. The molecule has 2 heterocycles. The first-order chi connectivity index (χ1) is 11.1. The van der Waals surface area contributed by atoms with Crippen molar-refractivity contribution in [2.45, 2.75) is 18.9 Å². The summed E-state index contributed by atoms with van der Waals surface area (Å²) in [5.41, 5.74) is 6.11. The smallest absolute Gasteiger partial charge is 0.267 e.